The number of nitrogens with zero attached hydrogens (tertiary/aromatic N) is 2. The average molecular weight is 239 g/mol. The van der Waals surface area contributed by atoms with E-state index in [0.717, 1.165) is 25.3 Å². The van der Waals surface area contributed by atoms with Crippen LogP contribution < -0.4 is 5.32 Å². The second kappa shape index (κ2) is 7.45. The molecule has 0 spiro atoms. The topological polar surface area (TPSA) is 50.1 Å². The van der Waals surface area contributed by atoms with Gasteiger partial charge in [0.25, 0.3) is 0 Å². The van der Waals surface area contributed by atoms with Crippen LogP contribution in [0.1, 0.15) is 33.0 Å². The van der Waals surface area contributed by atoms with Gasteiger partial charge in [0.1, 0.15) is 5.82 Å². The molecule has 1 atom stereocenters. The maximum Gasteiger partial charge on any atom is 0.111 e. The Hall–Kier alpha value is -0.870. The van der Waals surface area contributed by atoms with E-state index >= 15 is 0 Å². The Morgan fingerprint density at radius 1 is 1.41 bits per heavy atom. The Morgan fingerprint density at radius 3 is 2.82 bits per heavy atom. The molecular formula is C13H25N3O. The van der Waals surface area contributed by atoms with Crippen molar-refractivity contribution in [3.05, 3.63) is 18.2 Å². The molecule has 98 valence electrons. The molecule has 1 heterocycles. The molecule has 0 bridgehead atoms. The quantitative estimate of drug-likeness (QED) is 0.722. The van der Waals surface area contributed by atoms with Gasteiger partial charge in [-0.05, 0) is 18.9 Å². The molecule has 2 N–H and O–H groups in total. The Labute approximate surface area is 104 Å². The van der Waals surface area contributed by atoms with Crippen molar-refractivity contribution in [2.45, 2.75) is 46.3 Å². The predicted molar refractivity (Wildman–Crippen MR) is 69.9 cm³/mol. The average Bonchev–Trinajstić information content (AvgIpc) is 2.66. The monoisotopic (exact) mass is 239 g/mol. The Balaban J connectivity index is 2.34. The lowest BCUT2D eigenvalue weighted by Gasteiger charge is -2.14. The summed E-state index contributed by atoms with van der Waals surface area (Å²) in [6, 6.07) is 0. The summed E-state index contributed by atoms with van der Waals surface area (Å²) < 4.78 is 2.12. The van der Waals surface area contributed by atoms with Gasteiger partial charge in [0.15, 0.2) is 0 Å². The largest absolute Gasteiger partial charge is 0.391 e. The molecule has 0 saturated heterocycles. The molecule has 1 unspecified atom stereocenters. The molecule has 1 aromatic heterocycles. The third-order valence-electron chi connectivity index (χ3n) is 2.62. The highest BCUT2D eigenvalue weighted by atomic mass is 16.3. The lowest BCUT2D eigenvalue weighted by atomic mass is 10.2. The van der Waals surface area contributed by atoms with Gasteiger partial charge < -0.3 is 15.0 Å². The zero-order chi connectivity index (χ0) is 12.7. The molecule has 0 radical (unpaired) electrons. The van der Waals surface area contributed by atoms with Crippen molar-refractivity contribution in [3.63, 3.8) is 0 Å². The fraction of sp³-hybridized carbons (Fsp3) is 0.769. The molecule has 0 fully saturated rings. The molecule has 0 aliphatic rings. The molecule has 1 aromatic rings. The predicted octanol–water partition coefficient (Wildman–Crippen LogP) is 1.44. The maximum atomic E-state index is 9.91. The smallest absolute Gasteiger partial charge is 0.111 e. The van der Waals surface area contributed by atoms with E-state index in [9.17, 15) is 5.11 Å². The maximum absolute atomic E-state index is 9.91. The van der Waals surface area contributed by atoms with Crippen molar-refractivity contribution in [2.75, 3.05) is 13.1 Å². The van der Waals surface area contributed by atoms with Crippen LogP contribution in [0.4, 0.5) is 0 Å². The highest BCUT2D eigenvalue weighted by Gasteiger charge is 2.09. The van der Waals surface area contributed by atoms with Gasteiger partial charge >= 0.3 is 0 Å². The summed E-state index contributed by atoms with van der Waals surface area (Å²) in [5.41, 5.74) is 0. The molecule has 0 amide bonds. The van der Waals surface area contributed by atoms with Crippen molar-refractivity contribution in [1.29, 1.82) is 0 Å². The highest BCUT2D eigenvalue weighted by Crippen LogP contribution is 2.03. The Morgan fingerprint density at radius 2 is 2.18 bits per heavy atom. The van der Waals surface area contributed by atoms with Crippen LogP contribution in [0.2, 0.25) is 0 Å². The van der Waals surface area contributed by atoms with Crippen molar-refractivity contribution in [1.82, 2.24) is 14.9 Å². The third kappa shape index (κ3) is 5.33. The molecule has 1 rings (SSSR count). The number of hydrogen-bond donors (Lipinski definition) is 2. The second-order valence-corrected chi connectivity index (χ2v) is 4.95. The van der Waals surface area contributed by atoms with E-state index in [-0.39, 0.29) is 6.10 Å². The van der Waals surface area contributed by atoms with Crippen molar-refractivity contribution in [3.8, 4) is 0 Å². The number of rotatable bonds is 8. The van der Waals surface area contributed by atoms with Crippen LogP contribution in [0.25, 0.3) is 0 Å². The molecule has 4 nitrogen and oxygen atoms in total. The van der Waals surface area contributed by atoms with E-state index in [2.05, 4.69) is 35.6 Å². The number of aryl methyl sites for hydroxylation is 1. The minimum atomic E-state index is -0.355. The molecule has 0 aliphatic carbocycles. The summed E-state index contributed by atoms with van der Waals surface area (Å²) >= 11 is 0. The zero-order valence-corrected chi connectivity index (χ0v) is 11.2. The summed E-state index contributed by atoms with van der Waals surface area (Å²) in [7, 11) is 0. The first-order valence-corrected chi connectivity index (χ1v) is 6.52. The minimum absolute atomic E-state index is 0.355. The first kappa shape index (κ1) is 14.2. The lowest BCUT2D eigenvalue weighted by molar-refractivity contribution is 0.167. The van der Waals surface area contributed by atoms with Gasteiger partial charge in [-0.15, -0.1) is 0 Å². The van der Waals surface area contributed by atoms with Crippen LogP contribution in [-0.4, -0.2) is 33.9 Å². The SMILES string of the molecule is CCCn1ccnc1CC(O)CNCC(C)C. The van der Waals surface area contributed by atoms with Crippen LogP contribution >= 0.6 is 0 Å². The van der Waals surface area contributed by atoms with Gasteiger partial charge in [0, 0.05) is 31.9 Å². The summed E-state index contributed by atoms with van der Waals surface area (Å²) in [4.78, 5) is 4.29. The molecular weight excluding hydrogens is 214 g/mol. The van der Waals surface area contributed by atoms with E-state index in [4.69, 9.17) is 0 Å². The fourth-order valence-electron chi connectivity index (χ4n) is 1.80. The molecule has 0 saturated carbocycles. The number of aliphatic hydroxyl groups excluding tert-OH is 1. The number of imidazole rings is 1. The normalized spacial score (nSPS) is 13.2. The van der Waals surface area contributed by atoms with Gasteiger partial charge in [-0.1, -0.05) is 20.8 Å². The first-order chi connectivity index (χ1) is 8.13. The number of aliphatic hydroxyl groups is 1. The number of nitrogens with one attached hydrogen (secondary N) is 1. The van der Waals surface area contributed by atoms with Crippen LogP contribution in [0.15, 0.2) is 12.4 Å². The standard InChI is InChI=1S/C13H25N3O/c1-4-6-16-7-5-15-13(16)8-12(17)10-14-9-11(2)3/h5,7,11-12,14,17H,4,6,8-10H2,1-3H3. The fourth-order valence-corrected chi connectivity index (χ4v) is 1.80. The second-order valence-electron chi connectivity index (χ2n) is 4.95. The Bertz CT molecular complexity index is 309. The molecule has 0 aromatic carbocycles. The molecule has 17 heavy (non-hydrogen) atoms. The van der Waals surface area contributed by atoms with Crippen molar-refractivity contribution in [2.24, 2.45) is 5.92 Å². The third-order valence-corrected chi connectivity index (χ3v) is 2.62. The van der Waals surface area contributed by atoms with Crippen LogP contribution in [0.5, 0.6) is 0 Å². The van der Waals surface area contributed by atoms with Crippen molar-refractivity contribution < 1.29 is 5.11 Å². The molecule has 4 heteroatoms. The number of hydrogen-bond acceptors (Lipinski definition) is 3. The lowest BCUT2D eigenvalue weighted by Crippen LogP contribution is -2.31. The van der Waals surface area contributed by atoms with E-state index in [0.29, 0.717) is 18.9 Å². The van der Waals surface area contributed by atoms with Gasteiger partial charge in [0.05, 0.1) is 6.10 Å². The summed E-state index contributed by atoms with van der Waals surface area (Å²) in [6.45, 7) is 9.02. The van der Waals surface area contributed by atoms with Crippen LogP contribution in [-0.2, 0) is 13.0 Å². The minimum Gasteiger partial charge on any atom is -0.391 e. The molecule has 0 aliphatic heterocycles. The van der Waals surface area contributed by atoms with E-state index < -0.39 is 0 Å². The van der Waals surface area contributed by atoms with Gasteiger partial charge in [0.2, 0.25) is 0 Å². The number of aromatic nitrogens is 2. The summed E-state index contributed by atoms with van der Waals surface area (Å²) in [5.74, 6) is 1.59. The van der Waals surface area contributed by atoms with E-state index in [1.165, 1.54) is 0 Å². The van der Waals surface area contributed by atoms with E-state index in [1.54, 1.807) is 6.20 Å². The highest BCUT2D eigenvalue weighted by molar-refractivity contribution is 4.94. The first-order valence-electron chi connectivity index (χ1n) is 6.52. The van der Waals surface area contributed by atoms with E-state index in [1.807, 2.05) is 6.20 Å². The Kier molecular flexibility index (Phi) is 6.22. The van der Waals surface area contributed by atoms with Gasteiger partial charge in [-0.25, -0.2) is 4.98 Å². The van der Waals surface area contributed by atoms with Crippen LogP contribution in [0.3, 0.4) is 0 Å². The van der Waals surface area contributed by atoms with Crippen LogP contribution in [0, 0.1) is 5.92 Å². The summed E-state index contributed by atoms with van der Waals surface area (Å²) in [6.07, 6.45) is 5.14. The summed E-state index contributed by atoms with van der Waals surface area (Å²) in [5, 5.41) is 13.2. The van der Waals surface area contributed by atoms with Gasteiger partial charge in [-0.2, -0.15) is 0 Å². The van der Waals surface area contributed by atoms with Gasteiger partial charge in [-0.3, -0.25) is 0 Å². The van der Waals surface area contributed by atoms with Crippen molar-refractivity contribution >= 4 is 0 Å². The zero-order valence-electron chi connectivity index (χ0n) is 11.2.